The van der Waals surface area contributed by atoms with Gasteiger partial charge in [0.1, 0.15) is 5.75 Å². The normalized spacial score (nSPS) is 10.5. The van der Waals surface area contributed by atoms with Gasteiger partial charge >= 0.3 is 0 Å². The maximum absolute atomic E-state index is 11.2. The molecule has 0 radical (unpaired) electrons. The van der Waals surface area contributed by atoms with E-state index >= 15 is 0 Å². The van der Waals surface area contributed by atoms with E-state index < -0.39 is 0 Å². The van der Waals surface area contributed by atoms with E-state index in [0.29, 0.717) is 0 Å². The SMILES string of the molecule is CCc1nn(-c2ccc(OC)cc2)c(CC)c1C=O. The molecule has 100 valence electrons. The second-order valence-electron chi connectivity index (χ2n) is 4.24. The summed E-state index contributed by atoms with van der Waals surface area (Å²) in [7, 11) is 1.64. The molecule has 4 heteroatoms. The van der Waals surface area contributed by atoms with Gasteiger partial charge in [-0.1, -0.05) is 13.8 Å². The smallest absolute Gasteiger partial charge is 0.153 e. The largest absolute Gasteiger partial charge is 0.497 e. The van der Waals surface area contributed by atoms with Gasteiger partial charge in [-0.2, -0.15) is 5.10 Å². The number of carbonyl (C=O) groups is 1. The Morgan fingerprint density at radius 3 is 2.37 bits per heavy atom. The van der Waals surface area contributed by atoms with Crippen molar-refractivity contribution in [3.05, 3.63) is 41.2 Å². The fourth-order valence-electron chi connectivity index (χ4n) is 2.19. The van der Waals surface area contributed by atoms with Crippen LogP contribution in [0, 0.1) is 0 Å². The minimum absolute atomic E-state index is 0.723. The number of aryl methyl sites for hydroxylation is 1. The van der Waals surface area contributed by atoms with Crippen molar-refractivity contribution in [1.29, 1.82) is 0 Å². The van der Waals surface area contributed by atoms with Crippen molar-refractivity contribution in [2.75, 3.05) is 7.11 Å². The Morgan fingerprint density at radius 1 is 1.21 bits per heavy atom. The van der Waals surface area contributed by atoms with Gasteiger partial charge in [0, 0.05) is 0 Å². The fraction of sp³-hybridized carbons (Fsp3) is 0.333. The van der Waals surface area contributed by atoms with Gasteiger partial charge in [-0.05, 0) is 37.1 Å². The molecule has 1 aromatic carbocycles. The molecule has 1 heterocycles. The highest BCUT2D eigenvalue weighted by molar-refractivity contribution is 5.78. The monoisotopic (exact) mass is 258 g/mol. The Hall–Kier alpha value is -2.10. The van der Waals surface area contributed by atoms with Gasteiger partial charge in [0.2, 0.25) is 0 Å². The Morgan fingerprint density at radius 2 is 1.89 bits per heavy atom. The minimum atomic E-state index is 0.723. The molecular formula is C15H18N2O2. The number of benzene rings is 1. The third-order valence-corrected chi connectivity index (χ3v) is 3.20. The molecule has 0 spiro atoms. The average molecular weight is 258 g/mol. The van der Waals surface area contributed by atoms with E-state index in [1.807, 2.05) is 42.8 Å². The number of nitrogens with zero attached hydrogens (tertiary/aromatic N) is 2. The molecule has 0 fully saturated rings. The highest BCUT2D eigenvalue weighted by Gasteiger charge is 2.15. The number of hydrogen-bond donors (Lipinski definition) is 0. The Balaban J connectivity index is 2.53. The summed E-state index contributed by atoms with van der Waals surface area (Å²) in [5, 5.41) is 4.54. The lowest BCUT2D eigenvalue weighted by Gasteiger charge is -2.07. The van der Waals surface area contributed by atoms with Crippen molar-refractivity contribution in [2.24, 2.45) is 0 Å². The molecular weight excluding hydrogens is 240 g/mol. The van der Waals surface area contributed by atoms with E-state index in [4.69, 9.17) is 4.74 Å². The van der Waals surface area contributed by atoms with Crippen LogP contribution < -0.4 is 4.74 Å². The van der Waals surface area contributed by atoms with Gasteiger partial charge in [-0.15, -0.1) is 0 Å². The molecule has 0 saturated carbocycles. The summed E-state index contributed by atoms with van der Waals surface area (Å²) < 4.78 is 7.00. The van der Waals surface area contributed by atoms with Crippen molar-refractivity contribution in [3.63, 3.8) is 0 Å². The van der Waals surface area contributed by atoms with Gasteiger partial charge < -0.3 is 4.74 Å². The van der Waals surface area contributed by atoms with Gasteiger partial charge in [0.05, 0.1) is 29.7 Å². The van der Waals surface area contributed by atoms with Crippen molar-refractivity contribution >= 4 is 6.29 Å². The van der Waals surface area contributed by atoms with Crippen molar-refractivity contribution < 1.29 is 9.53 Å². The summed E-state index contributed by atoms with van der Waals surface area (Å²) in [5.41, 5.74) is 3.47. The summed E-state index contributed by atoms with van der Waals surface area (Å²) >= 11 is 0. The van der Waals surface area contributed by atoms with Crippen LogP contribution in [0.15, 0.2) is 24.3 Å². The molecule has 0 N–H and O–H groups in total. The van der Waals surface area contributed by atoms with E-state index in [1.165, 1.54) is 0 Å². The number of hydrogen-bond acceptors (Lipinski definition) is 3. The van der Waals surface area contributed by atoms with E-state index in [2.05, 4.69) is 5.10 Å². The van der Waals surface area contributed by atoms with Gasteiger partial charge in [-0.25, -0.2) is 4.68 Å². The highest BCUT2D eigenvalue weighted by atomic mass is 16.5. The van der Waals surface area contributed by atoms with Crippen LogP contribution in [-0.4, -0.2) is 23.2 Å². The van der Waals surface area contributed by atoms with Crippen LogP contribution in [0.1, 0.15) is 35.6 Å². The topological polar surface area (TPSA) is 44.1 Å². The first kappa shape index (κ1) is 13.3. The number of aldehydes is 1. The molecule has 0 aliphatic carbocycles. The second kappa shape index (κ2) is 5.69. The van der Waals surface area contributed by atoms with Crippen LogP contribution in [0.2, 0.25) is 0 Å². The van der Waals surface area contributed by atoms with Gasteiger partial charge in [-0.3, -0.25) is 4.79 Å². The zero-order valence-electron chi connectivity index (χ0n) is 11.5. The number of aromatic nitrogens is 2. The molecule has 4 nitrogen and oxygen atoms in total. The first-order valence-corrected chi connectivity index (χ1v) is 6.45. The lowest BCUT2D eigenvalue weighted by Crippen LogP contribution is -2.02. The van der Waals surface area contributed by atoms with Crippen molar-refractivity contribution in [3.8, 4) is 11.4 Å². The van der Waals surface area contributed by atoms with E-state index in [1.54, 1.807) is 7.11 Å². The molecule has 0 atom stereocenters. The van der Waals surface area contributed by atoms with E-state index in [-0.39, 0.29) is 0 Å². The average Bonchev–Trinajstić information content (AvgIpc) is 2.84. The maximum Gasteiger partial charge on any atom is 0.153 e. The van der Waals surface area contributed by atoms with Crippen molar-refractivity contribution in [1.82, 2.24) is 9.78 Å². The zero-order valence-corrected chi connectivity index (χ0v) is 11.5. The summed E-state index contributed by atoms with van der Waals surface area (Å²) in [6.07, 6.45) is 2.43. The molecule has 0 bridgehead atoms. The van der Waals surface area contributed by atoms with Crippen LogP contribution in [-0.2, 0) is 12.8 Å². The molecule has 1 aromatic heterocycles. The molecule has 19 heavy (non-hydrogen) atoms. The third-order valence-electron chi connectivity index (χ3n) is 3.20. The summed E-state index contributed by atoms with van der Waals surface area (Å²) in [6, 6.07) is 7.67. The predicted molar refractivity (Wildman–Crippen MR) is 74.3 cm³/mol. The third kappa shape index (κ3) is 2.38. The summed E-state index contributed by atoms with van der Waals surface area (Å²) in [5.74, 6) is 0.806. The standard InChI is InChI=1S/C15H18N2O2/c1-4-14-13(10-18)15(5-2)17(16-14)11-6-8-12(19-3)9-7-11/h6-10H,4-5H2,1-3H3. The Kier molecular flexibility index (Phi) is 4.00. The van der Waals surface area contributed by atoms with Crippen LogP contribution in [0.25, 0.3) is 5.69 Å². The molecule has 0 amide bonds. The van der Waals surface area contributed by atoms with E-state index in [0.717, 1.165) is 47.5 Å². The van der Waals surface area contributed by atoms with Crippen LogP contribution in [0.4, 0.5) is 0 Å². The van der Waals surface area contributed by atoms with Crippen LogP contribution in [0.3, 0.4) is 0 Å². The number of carbonyl (C=O) groups excluding carboxylic acids is 1. The molecule has 0 aliphatic rings. The summed E-state index contributed by atoms with van der Waals surface area (Å²) in [4.78, 5) is 11.2. The second-order valence-corrected chi connectivity index (χ2v) is 4.24. The predicted octanol–water partition coefficient (Wildman–Crippen LogP) is 2.82. The quantitative estimate of drug-likeness (QED) is 0.775. The van der Waals surface area contributed by atoms with Gasteiger partial charge in [0.15, 0.2) is 6.29 Å². The highest BCUT2D eigenvalue weighted by Crippen LogP contribution is 2.20. The summed E-state index contributed by atoms with van der Waals surface area (Å²) in [6.45, 7) is 4.04. The first-order valence-electron chi connectivity index (χ1n) is 6.45. The molecule has 2 aromatic rings. The first-order chi connectivity index (χ1) is 9.24. The number of rotatable bonds is 5. The Labute approximate surface area is 113 Å². The van der Waals surface area contributed by atoms with Crippen LogP contribution >= 0.6 is 0 Å². The number of methoxy groups -OCH3 is 1. The fourth-order valence-corrected chi connectivity index (χ4v) is 2.19. The molecule has 0 aliphatic heterocycles. The lowest BCUT2D eigenvalue weighted by atomic mass is 10.1. The maximum atomic E-state index is 11.2. The lowest BCUT2D eigenvalue weighted by molar-refractivity contribution is 0.112. The Bertz CT molecular complexity index is 571. The zero-order chi connectivity index (χ0) is 13.8. The van der Waals surface area contributed by atoms with Crippen LogP contribution in [0.5, 0.6) is 5.75 Å². The molecule has 2 rings (SSSR count). The van der Waals surface area contributed by atoms with E-state index in [9.17, 15) is 4.79 Å². The number of ether oxygens (including phenoxy) is 1. The molecule has 0 saturated heterocycles. The van der Waals surface area contributed by atoms with Crippen molar-refractivity contribution in [2.45, 2.75) is 26.7 Å². The molecule has 0 unspecified atom stereocenters. The minimum Gasteiger partial charge on any atom is -0.497 e. The van der Waals surface area contributed by atoms with Gasteiger partial charge in [0.25, 0.3) is 0 Å².